The summed E-state index contributed by atoms with van der Waals surface area (Å²) in [5.74, 6) is 0.438. The Bertz CT molecular complexity index is 738. The quantitative estimate of drug-likeness (QED) is 0.436. The van der Waals surface area contributed by atoms with E-state index in [2.05, 4.69) is 0 Å². The molecule has 126 valence electrons. The summed E-state index contributed by atoms with van der Waals surface area (Å²) in [6.07, 6.45) is 2.84. The molecule has 1 heterocycles. The zero-order valence-corrected chi connectivity index (χ0v) is 14.5. The number of aryl methyl sites for hydroxylation is 1. The zero-order valence-electron chi connectivity index (χ0n) is 13.7. The van der Waals surface area contributed by atoms with Crippen molar-refractivity contribution in [3.05, 3.63) is 51.7 Å². The fourth-order valence-electron chi connectivity index (χ4n) is 1.93. The van der Waals surface area contributed by atoms with Gasteiger partial charge in [-0.2, -0.15) is 0 Å². The van der Waals surface area contributed by atoms with Crippen molar-refractivity contribution < 1.29 is 23.8 Å². The summed E-state index contributed by atoms with van der Waals surface area (Å²) in [7, 11) is 3.10. The number of esters is 1. The van der Waals surface area contributed by atoms with Crippen LogP contribution < -0.4 is 9.47 Å². The first kappa shape index (κ1) is 17.7. The third-order valence-electron chi connectivity index (χ3n) is 3.15. The Hall–Kier alpha value is -2.60. The lowest BCUT2D eigenvalue weighted by molar-refractivity contribution is -0.136. The topological polar surface area (TPSA) is 61.8 Å². The Labute approximate surface area is 144 Å². The van der Waals surface area contributed by atoms with E-state index in [0.717, 1.165) is 10.4 Å². The number of ether oxygens (including phenoxy) is 3. The number of carbonyl (C=O) groups is 2. The van der Waals surface area contributed by atoms with Gasteiger partial charge in [-0.15, -0.1) is 11.3 Å². The summed E-state index contributed by atoms with van der Waals surface area (Å²) < 4.78 is 15.3. The van der Waals surface area contributed by atoms with Crippen molar-refractivity contribution in [2.45, 2.75) is 6.92 Å². The summed E-state index contributed by atoms with van der Waals surface area (Å²) in [4.78, 5) is 25.2. The van der Waals surface area contributed by atoms with Crippen LogP contribution in [0.1, 0.15) is 20.1 Å². The normalized spacial score (nSPS) is 10.6. The number of hydrogen-bond acceptors (Lipinski definition) is 6. The van der Waals surface area contributed by atoms with Crippen molar-refractivity contribution >= 4 is 29.2 Å². The number of benzene rings is 1. The highest BCUT2D eigenvalue weighted by Crippen LogP contribution is 2.23. The first-order valence-corrected chi connectivity index (χ1v) is 8.01. The molecule has 0 radical (unpaired) electrons. The van der Waals surface area contributed by atoms with Gasteiger partial charge in [0.25, 0.3) is 0 Å². The molecule has 1 aromatic heterocycles. The van der Waals surface area contributed by atoms with Crippen LogP contribution in [0.15, 0.2) is 36.4 Å². The molecule has 0 amide bonds. The number of carbonyl (C=O) groups excluding carboxylic acids is 2. The predicted octanol–water partition coefficient (Wildman–Crippen LogP) is 3.51. The van der Waals surface area contributed by atoms with Crippen molar-refractivity contribution in [2.75, 3.05) is 20.8 Å². The zero-order chi connectivity index (χ0) is 17.5. The molecular formula is C18H18O5S. The molecule has 0 aliphatic carbocycles. The van der Waals surface area contributed by atoms with E-state index in [1.54, 1.807) is 44.6 Å². The molecule has 1 aromatic carbocycles. The highest BCUT2D eigenvalue weighted by molar-refractivity contribution is 7.14. The molecule has 6 heteroatoms. The molecule has 0 spiro atoms. The van der Waals surface area contributed by atoms with Crippen LogP contribution in [-0.2, 0) is 9.53 Å². The standard InChI is InChI=1S/C18H18O5S/c1-12-4-6-17(24-12)16(19)11-23-18(20)7-5-13-8-14(21-2)10-15(9-13)22-3/h4-10H,11H2,1-3H3/b7-5+. The van der Waals surface area contributed by atoms with Crippen LogP contribution in [0, 0.1) is 6.92 Å². The first-order chi connectivity index (χ1) is 11.5. The number of methoxy groups -OCH3 is 2. The van der Waals surface area contributed by atoms with Crippen molar-refractivity contribution in [3.63, 3.8) is 0 Å². The second-order valence-electron chi connectivity index (χ2n) is 4.92. The molecule has 0 saturated carbocycles. The number of thiophene rings is 1. The van der Waals surface area contributed by atoms with Crippen molar-refractivity contribution in [3.8, 4) is 11.5 Å². The average molecular weight is 346 g/mol. The maximum Gasteiger partial charge on any atom is 0.331 e. The third kappa shape index (κ3) is 4.96. The lowest BCUT2D eigenvalue weighted by atomic mass is 10.2. The van der Waals surface area contributed by atoms with Gasteiger partial charge < -0.3 is 14.2 Å². The lowest BCUT2D eigenvalue weighted by Gasteiger charge is -2.05. The van der Waals surface area contributed by atoms with Gasteiger partial charge in [-0.3, -0.25) is 4.79 Å². The van der Waals surface area contributed by atoms with E-state index in [0.29, 0.717) is 16.4 Å². The highest BCUT2D eigenvalue weighted by atomic mass is 32.1. The van der Waals surface area contributed by atoms with E-state index < -0.39 is 5.97 Å². The summed E-state index contributed by atoms with van der Waals surface area (Å²) in [5, 5.41) is 0. The fraction of sp³-hybridized carbons (Fsp3) is 0.222. The molecule has 0 N–H and O–H groups in total. The molecule has 2 rings (SSSR count). The minimum Gasteiger partial charge on any atom is -0.497 e. The SMILES string of the molecule is COc1cc(/C=C/C(=O)OCC(=O)c2ccc(C)s2)cc(OC)c1. The van der Waals surface area contributed by atoms with Gasteiger partial charge in [0.1, 0.15) is 11.5 Å². The minimum absolute atomic E-state index is 0.210. The molecule has 2 aromatic rings. The molecule has 5 nitrogen and oxygen atoms in total. The van der Waals surface area contributed by atoms with E-state index >= 15 is 0 Å². The van der Waals surface area contributed by atoms with Gasteiger partial charge in [0.15, 0.2) is 6.61 Å². The van der Waals surface area contributed by atoms with E-state index in [-0.39, 0.29) is 12.4 Å². The van der Waals surface area contributed by atoms with Gasteiger partial charge in [-0.1, -0.05) is 0 Å². The molecule has 0 aliphatic rings. The summed E-state index contributed by atoms with van der Waals surface area (Å²) in [6.45, 7) is 1.64. The molecular weight excluding hydrogens is 328 g/mol. The molecule has 0 fully saturated rings. The first-order valence-electron chi connectivity index (χ1n) is 7.19. The monoisotopic (exact) mass is 346 g/mol. The van der Waals surface area contributed by atoms with E-state index in [1.807, 2.05) is 13.0 Å². The number of rotatable bonds is 7. The van der Waals surface area contributed by atoms with E-state index in [9.17, 15) is 9.59 Å². The molecule has 0 atom stereocenters. The molecule has 0 unspecified atom stereocenters. The van der Waals surface area contributed by atoms with Gasteiger partial charge in [0, 0.05) is 17.0 Å². The van der Waals surface area contributed by atoms with Crippen LogP contribution >= 0.6 is 11.3 Å². The van der Waals surface area contributed by atoms with Crippen LogP contribution in [0.25, 0.3) is 6.08 Å². The van der Waals surface area contributed by atoms with Gasteiger partial charge in [0.05, 0.1) is 19.1 Å². The Morgan fingerprint density at radius 2 is 1.75 bits per heavy atom. The molecule has 24 heavy (non-hydrogen) atoms. The summed E-state index contributed by atoms with van der Waals surface area (Å²) in [5.41, 5.74) is 0.725. The van der Waals surface area contributed by atoms with Crippen LogP contribution in [-0.4, -0.2) is 32.6 Å². The van der Waals surface area contributed by atoms with Crippen LogP contribution in [0.3, 0.4) is 0 Å². The predicted molar refractivity (Wildman–Crippen MR) is 92.9 cm³/mol. The van der Waals surface area contributed by atoms with Crippen LogP contribution in [0.5, 0.6) is 11.5 Å². The summed E-state index contributed by atoms with van der Waals surface area (Å²) in [6, 6.07) is 8.83. The Morgan fingerprint density at radius 3 is 2.29 bits per heavy atom. The number of ketones is 1. The van der Waals surface area contributed by atoms with Gasteiger partial charge in [0.2, 0.25) is 5.78 Å². The van der Waals surface area contributed by atoms with Crippen molar-refractivity contribution in [1.82, 2.24) is 0 Å². The Morgan fingerprint density at radius 1 is 1.08 bits per heavy atom. The van der Waals surface area contributed by atoms with Crippen LogP contribution in [0.2, 0.25) is 0 Å². The Balaban J connectivity index is 1.94. The Kier molecular flexibility index (Phi) is 6.14. The maximum atomic E-state index is 11.9. The van der Waals surface area contributed by atoms with Crippen molar-refractivity contribution in [1.29, 1.82) is 0 Å². The molecule has 0 aliphatic heterocycles. The van der Waals surface area contributed by atoms with Crippen LogP contribution in [0.4, 0.5) is 0 Å². The maximum absolute atomic E-state index is 11.9. The lowest BCUT2D eigenvalue weighted by Crippen LogP contribution is -2.11. The minimum atomic E-state index is -0.585. The highest BCUT2D eigenvalue weighted by Gasteiger charge is 2.10. The van der Waals surface area contributed by atoms with Crippen molar-refractivity contribution in [2.24, 2.45) is 0 Å². The average Bonchev–Trinajstić information content (AvgIpc) is 3.03. The third-order valence-corrected chi connectivity index (χ3v) is 4.19. The van der Waals surface area contributed by atoms with Gasteiger partial charge in [-0.05, 0) is 42.8 Å². The van der Waals surface area contributed by atoms with E-state index in [1.165, 1.54) is 17.4 Å². The number of hydrogen-bond donors (Lipinski definition) is 0. The molecule has 0 saturated heterocycles. The van der Waals surface area contributed by atoms with E-state index in [4.69, 9.17) is 14.2 Å². The van der Waals surface area contributed by atoms with Gasteiger partial charge in [-0.25, -0.2) is 4.79 Å². The molecule has 0 bridgehead atoms. The summed E-state index contributed by atoms with van der Waals surface area (Å²) >= 11 is 1.38. The van der Waals surface area contributed by atoms with Gasteiger partial charge >= 0.3 is 5.97 Å². The smallest absolute Gasteiger partial charge is 0.331 e. The number of Topliss-reactive ketones (excluding diaryl/α,β-unsaturated/α-hetero) is 1. The second-order valence-corrected chi connectivity index (χ2v) is 6.21. The second kappa shape index (κ2) is 8.31. The largest absolute Gasteiger partial charge is 0.497 e. The fourth-order valence-corrected chi connectivity index (χ4v) is 2.72.